The van der Waals surface area contributed by atoms with E-state index in [1.54, 1.807) is 6.07 Å². The molecule has 1 saturated heterocycles. The first-order valence-electron chi connectivity index (χ1n) is 8.16. The molecule has 1 atom stereocenters. The maximum Gasteiger partial charge on any atom is 0.159 e. The fourth-order valence-corrected chi connectivity index (χ4v) is 2.93. The summed E-state index contributed by atoms with van der Waals surface area (Å²) in [7, 11) is 0. The van der Waals surface area contributed by atoms with Gasteiger partial charge in [-0.05, 0) is 36.8 Å². The molecular weight excluding hydrogens is 314 g/mol. The molecule has 1 unspecified atom stereocenters. The Kier molecular flexibility index (Phi) is 5.60. The zero-order valence-electron chi connectivity index (χ0n) is 13.7. The van der Waals surface area contributed by atoms with Gasteiger partial charge in [-0.25, -0.2) is 8.78 Å². The molecule has 1 aromatic carbocycles. The molecule has 2 heterocycles. The minimum absolute atomic E-state index is 0.0906. The summed E-state index contributed by atoms with van der Waals surface area (Å²) in [6, 6.07) is 8.01. The number of halogens is 2. The Bertz CT molecular complexity index is 669. The van der Waals surface area contributed by atoms with E-state index in [1.807, 2.05) is 19.1 Å². The molecule has 1 aromatic heterocycles. The highest BCUT2D eigenvalue weighted by atomic mass is 19.2. The Morgan fingerprint density at radius 1 is 1.12 bits per heavy atom. The number of nitrogens with one attached hydrogen (secondary N) is 1. The van der Waals surface area contributed by atoms with Crippen LogP contribution in [0.25, 0.3) is 0 Å². The van der Waals surface area contributed by atoms with Crippen LogP contribution in [0.2, 0.25) is 0 Å². The second kappa shape index (κ2) is 7.88. The lowest BCUT2D eigenvalue weighted by Gasteiger charge is -2.33. The van der Waals surface area contributed by atoms with E-state index in [1.165, 1.54) is 6.07 Å². The zero-order valence-corrected chi connectivity index (χ0v) is 13.7. The van der Waals surface area contributed by atoms with Gasteiger partial charge in [-0.1, -0.05) is 6.07 Å². The van der Waals surface area contributed by atoms with Crippen molar-refractivity contribution in [3.05, 3.63) is 59.1 Å². The van der Waals surface area contributed by atoms with Crippen molar-refractivity contribution in [2.24, 2.45) is 0 Å². The summed E-state index contributed by atoms with van der Waals surface area (Å²) in [5.41, 5.74) is 0.713. The fraction of sp³-hybridized carbons (Fsp3) is 0.444. The molecule has 6 heteroatoms. The third kappa shape index (κ3) is 4.20. The smallest absolute Gasteiger partial charge is 0.159 e. The van der Waals surface area contributed by atoms with Crippen LogP contribution in [-0.2, 0) is 11.3 Å². The lowest BCUT2D eigenvalue weighted by Crippen LogP contribution is -2.42. The van der Waals surface area contributed by atoms with Crippen LogP contribution in [-0.4, -0.2) is 37.7 Å². The first-order chi connectivity index (χ1) is 11.6. The van der Waals surface area contributed by atoms with Crippen LogP contribution in [0, 0.1) is 18.6 Å². The molecule has 2 aromatic rings. The normalized spacial score (nSPS) is 17.1. The lowest BCUT2D eigenvalue weighted by molar-refractivity contribution is 0.0115. The predicted molar refractivity (Wildman–Crippen MR) is 86.6 cm³/mol. The highest BCUT2D eigenvalue weighted by molar-refractivity contribution is 5.18. The molecule has 3 rings (SSSR count). The maximum atomic E-state index is 13.3. The van der Waals surface area contributed by atoms with Crippen molar-refractivity contribution >= 4 is 0 Å². The second-order valence-electron chi connectivity index (χ2n) is 5.99. The van der Waals surface area contributed by atoms with Gasteiger partial charge in [0.05, 0.1) is 19.3 Å². The van der Waals surface area contributed by atoms with Crippen LogP contribution in [0.3, 0.4) is 0 Å². The minimum Gasteiger partial charge on any atom is -0.465 e. The van der Waals surface area contributed by atoms with Gasteiger partial charge in [-0.15, -0.1) is 0 Å². The SMILES string of the molecule is Cc1ccc(C(CNCc2ccc(F)c(F)c2)N2CCOCC2)o1. The van der Waals surface area contributed by atoms with Gasteiger partial charge in [0, 0.05) is 26.2 Å². The fourth-order valence-electron chi connectivity index (χ4n) is 2.93. The third-order valence-electron chi connectivity index (χ3n) is 4.23. The summed E-state index contributed by atoms with van der Waals surface area (Å²) in [4.78, 5) is 2.32. The molecule has 0 saturated carbocycles. The van der Waals surface area contributed by atoms with Crippen molar-refractivity contribution in [3.8, 4) is 0 Å². The quantitative estimate of drug-likeness (QED) is 0.880. The van der Waals surface area contributed by atoms with Gasteiger partial charge < -0.3 is 14.5 Å². The number of hydrogen-bond acceptors (Lipinski definition) is 4. The molecule has 1 aliphatic rings. The van der Waals surface area contributed by atoms with E-state index in [4.69, 9.17) is 9.15 Å². The predicted octanol–water partition coefficient (Wildman–Crippen LogP) is 3.03. The zero-order chi connectivity index (χ0) is 16.9. The number of rotatable bonds is 6. The highest BCUT2D eigenvalue weighted by Gasteiger charge is 2.24. The molecule has 1 N–H and O–H groups in total. The Hall–Kier alpha value is -1.76. The molecule has 1 fully saturated rings. The lowest BCUT2D eigenvalue weighted by atomic mass is 10.1. The molecule has 1 aliphatic heterocycles. The van der Waals surface area contributed by atoms with Crippen LogP contribution in [0.4, 0.5) is 8.78 Å². The number of nitrogens with zero attached hydrogens (tertiary/aromatic N) is 1. The van der Waals surface area contributed by atoms with Crippen molar-refractivity contribution in [1.29, 1.82) is 0 Å². The molecule has 130 valence electrons. The van der Waals surface area contributed by atoms with Gasteiger partial charge in [0.1, 0.15) is 11.5 Å². The van der Waals surface area contributed by atoms with Gasteiger partial charge in [0.15, 0.2) is 11.6 Å². The van der Waals surface area contributed by atoms with E-state index >= 15 is 0 Å². The van der Waals surface area contributed by atoms with Crippen LogP contribution in [0.5, 0.6) is 0 Å². The summed E-state index contributed by atoms with van der Waals surface area (Å²) in [6.07, 6.45) is 0. The molecule has 0 radical (unpaired) electrons. The third-order valence-corrected chi connectivity index (χ3v) is 4.23. The van der Waals surface area contributed by atoms with E-state index < -0.39 is 11.6 Å². The van der Waals surface area contributed by atoms with Crippen LogP contribution in [0.1, 0.15) is 23.1 Å². The molecule has 24 heavy (non-hydrogen) atoms. The molecule has 0 spiro atoms. The summed E-state index contributed by atoms with van der Waals surface area (Å²) in [5, 5.41) is 3.32. The van der Waals surface area contributed by atoms with Crippen molar-refractivity contribution in [2.75, 3.05) is 32.8 Å². The van der Waals surface area contributed by atoms with E-state index in [9.17, 15) is 8.78 Å². The number of furan rings is 1. The maximum absolute atomic E-state index is 13.3. The van der Waals surface area contributed by atoms with Gasteiger partial charge >= 0.3 is 0 Å². The van der Waals surface area contributed by atoms with Crippen LogP contribution in [0.15, 0.2) is 34.7 Å². The van der Waals surface area contributed by atoms with Gasteiger partial charge in [0.25, 0.3) is 0 Å². The van der Waals surface area contributed by atoms with Crippen molar-refractivity contribution < 1.29 is 17.9 Å². The number of morpholine rings is 1. The monoisotopic (exact) mass is 336 g/mol. The molecular formula is C18H22F2N2O2. The molecule has 4 nitrogen and oxygen atoms in total. The van der Waals surface area contributed by atoms with Crippen LogP contribution < -0.4 is 5.32 Å². The van der Waals surface area contributed by atoms with Crippen molar-refractivity contribution in [1.82, 2.24) is 10.2 Å². The summed E-state index contributed by atoms with van der Waals surface area (Å²) >= 11 is 0. The minimum atomic E-state index is -0.823. The van der Waals surface area contributed by atoms with E-state index in [-0.39, 0.29) is 6.04 Å². The van der Waals surface area contributed by atoms with E-state index in [0.717, 1.165) is 30.7 Å². The molecule has 0 amide bonds. The largest absolute Gasteiger partial charge is 0.465 e. The average Bonchev–Trinajstić information content (AvgIpc) is 3.02. The van der Waals surface area contributed by atoms with Gasteiger partial charge in [0.2, 0.25) is 0 Å². The van der Waals surface area contributed by atoms with Crippen molar-refractivity contribution in [3.63, 3.8) is 0 Å². The highest BCUT2D eigenvalue weighted by Crippen LogP contribution is 2.23. The Morgan fingerprint density at radius 3 is 2.58 bits per heavy atom. The number of benzene rings is 1. The average molecular weight is 336 g/mol. The summed E-state index contributed by atoms with van der Waals surface area (Å²) in [5.74, 6) is 0.146. The first-order valence-corrected chi connectivity index (χ1v) is 8.16. The van der Waals surface area contributed by atoms with Gasteiger partial charge in [-0.2, -0.15) is 0 Å². The standard InChI is InChI=1S/C18H22F2N2O2/c1-13-2-5-18(24-13)17(22-6-8-23-9-7-22)12-21-11-14-3-4-15(19)16(20)10-14/h2-5,10,17,21H,6-9,11-12H2,1H3. The summed E-state index contributed by atoms with van der Waals surface area (Å²) < 4.78 is 37.5. The Balaban J connectivity index is 1.64. The first kappa shape index (κ1) is 17.1. The Morgan fingerprint density at radius 2 is 1.92 bits per heavy atom. The molecule has 0 bridgehead atoms. The summed E-state index contributed by atoms with van der Waals surface area (Å²) in [6.45, 7) is 6.16. The number of aryl methyl sites for hydroxylation is 1. The van der Waals surface area contributed by atoms with E-state index in [2.05, 4.69) is 10.2 Å². The van der Waals surface area contributed by atoms with E-state index in [0.29, 0.717) is 31.9 Å². The molecule has 0 aliphatic carbocycles. The van der Waals surface area contributed by atoms with Crippen molar-refractivity contribution in [2.45, 2.75) is 19.5 Å². The topological polar surface area (TPSA) is 37.6 Å². The number of hydrogen-bond donors (Lipinski definition) is 1. The van der Waals surface area contributed by atoms with Gasteiger partial charge in [-0.3, -0.25) is 4.90 Å². The Labute approximate surface area is 140 Å². The van der Waals surface area contributed by atoms with Crippen LogP contribution >= 0.6 is 0 Å². The second-order valence-corrected chi connectivity index (χ2v) is 5.99. The number of ether oxygens (including phenoxy) is 1.